The van der Waals surface area contributed by atoms with Gasteiger partial charge in [-0.1, -0.05) is 335 Å². The fraction of sp³-hybridized carbons (Fsp3) is 0.879. The first-order chi connectivity index (χ1) is 47.8. The van der Waals surface area contributed by atoms with Crippen molar-refractivity contribution in [3.8, 4) is 0 Å². The molecule has 2 unspecified atom stereocenters. The monoisotopic (exact) mass is 1380 g/mol. The first-order valence-corrected chi connectivity index (χ1v) is 42.5. The SMILES string of the molecule is CC(C)(C)C12CC3CC(CC(C3)C1)C2.CC(C)(C)C1C2CC3CC(C2)CC1C3.CC(C)(C)c1cccc(C(C)(C)C)c1C(C)(C)C.CCC(C)(C)C.CCCC(CC)CC(C)(C)C.[2H]C([2H])(C(CC)CCC)C(C)(C)C.[2H]C1(C(C)(C)C)C2CC3CC(C2)CC1C3.[2H]c1c([2H])c(C)c([2H])c(C(C)(C)C)c1[2H]. The van der Waals surface area contributed by atoms with Crippen molar-refractivity contribution >= 4 is 0 Å². The summed E-state index contributed by atoms with van der Waals surface area (Å²) in [5.41, 5.74) is 8.67. The summed E-state index contributed by atoms with van der Waals surface area (Å²) in [5.74, 6) is 13.3. The fourth-order valence-corrected chi connectivity index (χ4v) is 21.8. The number of hydrogen-bond acceptors (Lipinski definition) is 0. The molecule has 12 aliphatic rings. The van der Waals surface area contributed by atoms with Crippen molar-refractivity contribution in [3.05, 3.63) is 70.2 Å². The number of hydrogen-bond donors (Lipinski definition) is 0. The maximum Gasteiger partial charge on any atom is 0.0629 e. The normalized spacial score (nSPS) is 31.5. The zero-order chi connectivity index (χ0) is 81.9. The van der Waals surface area contributed by atoms with E-state index in [1.165, 1.54) is 80.9 Å². The first-order valence-electron chi connectivity index (χ1n) is 46.0. The first kappa shape index (κ1) is 78.5. The van der Waals surface area contributed by atoms with E-state index in [-0.39, 0.29) is 68.5 Å². The third-order valence-electron chi connectivity index (χ3n) is 25.7. The molecule has 2 aromatic rings. The van der Waals surface area contributed by atoms with E-state index in [2.05, 4.69) is 219 Å². The van der Waals surface area contributed by atoms with Crippen LogP contribution in [0.3, 0.4) is 0 Å². The Labute approximate surface area is 634 Å². The summed E-state index contributed by atoms with van der Waals surface area (Å²) in [6.07, 6.45) is 33.0. The minimum absolute atomic E-state index is 0.00185. The predicted octanol–water partition coefficient (Wildman–Crippen LogP) is 32.3. The summed E-state index contributed by atoms with van der Waals surface area (Å²) in [5, 5.41) is 0. The van der Waals surface area contributed by atoms with Crippen LogP contribution in [0, 0.1) is 134 Å². The Balaban J connectivity index is 0.000000259. The van der Waals surface area contributed by atoms with Crippen LogP contribution >= 0.6 is 0 Å². The standard InChI is InChI=1S/C18H30.3C14H24.C11H16.2C11H24.C6H14/c1-16(2,3)13-11-10-12-14(17(4,5)6)15(13)18(7,8)9;1-13(2,3)14-7-10-4-11(8-14)6-12(5-10)9-14;2*1-14(2,3)13-11-5-9-4-10(7-11)8-12(13)6-9;1-9-6-5-7-10(8-9)11(2,3)4;2*1-6-8-10(7-2)9-11(3,4)5;1-5-6(2,3)4/h10-12H,1-9H3;10-12H,4-9H2,1-3H3;2*9-13H,4-8H2,1-3H3;5-8H,1-4H3;2*10H,6-9H2,1-5H3;5H2,1-4H3/i;;13D;;5D,6D,7D,8D;9D2;;. The summed E-state index contributed by atoms with van der Waals surface area (Å²) < 4.78 is 56.2. The van der Waals surface area contributed by atoms with E-state index in [4.69, 9.17) is 9.60 Å². The molecule has 12 bridgehead atoms. The second kappa shape index (κ2) is 35.9. The van der Waals surface area contributed by atoms with E-state index in [0.29, 0.717) is 44.6 Å². The topological polar surface area (TPSA) is 0 Å². The van der Waals surface area contributed by atoms with Crippen molar-refractivity contribution < 1.29 is 9.60 Å². The third-order valence-corrected chi connectivity index (χ3v) is 25.7. The van der Waals surface area contributed by atoms with Gasteiger partial charge in [0.05, 0.1) is 5.48 Å². The molecule has 12 aliphatic carbocycles. The molecule has 2 aromatic carbocycles. The van der Waals surface area contributed by atoms with Gasteiger partial charge in [-0.05, 0) is 293 Å². The highest BCUT2D eigenvalue weighted by atomic mass is 14.6. The molecule has 0 spiro atoms. The molecule has 0 saturated heterocycles. The van der Waals surface area contributed by atoms with Crippen LogP contribution in [0.2, 0.25) is 0 Å². The third kappa shape index (κ3) is 28.6. The van der Waals surface area contributed by atoms with E-state index >= 15 is 0 Å². The lowest BCUT2D eigenvalue weighted by atomic mass is 9.43. The van der Waals surface area contributed by atoms with Gasteiger partial charge in [0.2, 0.25) is 0 Å². The van der Waals surface area contributed by atoms with E-state index in [1.807, 2.05) is 41.5 Å². The molecule has 0 radical (unpaired) electrons. The molecular weight excluding hydrogens is 1190 g/mol. The Morgan fingerprint density at radius 1 is 0.434 bits per heavy atom. The van der Waals surface area contributed by atoms with Gasteiger partial charge >= 0.3 is 0 Å². The second-order valence-electron chi connectivity index (χ2n) is 46.0. The lowest BCUT2D eigenvalue weighted by Gasteiger charge is -2.62. The molecule has 0 heteroatoms. The van der Waals surface area contributed by atoms with Gasteiger partial charge in [0.1, 0.15) is 0 Å². The molecule has 0 nitrogen and oxygen atoms in total. The molecule has 12 fully saturated rings. The Bertz CT molecular complexity index is 2840. The maximum absolute atomic E-state index is 9.00. The van der Waals surface area contributed by atoms with Crippen molar-refractivity contribution in [1.82, 2.24) is 0 Å². The van der Waals surface area contributed by atoms with Crippen LogP contribution in [0.25, 0.3) is 0 Å². The Hall–Kier alpha value is -1.56. The van der Waals surface area contributed by atoms with Crippen LogP contribution in [0.5, 0.6) is 0 Å². The molecule has 14 rings (SSSR count). The molecular formula is C99H180. The van der Waals surface area contributed by atoms with Gasteiger partial charge < -0.3 is 0 Å². The number of benzene rings is 2. The average molecular weight is 1380 g/mol. The van der Waals surface area contributed by atoms with Crippen LogP contribution < -0.4 is 0 Å². The molecule has 12 saturated carbocycles. The molecule has 0 aromatic heterocycles. The average Bonchev–Trinajstić information content (AvgIpc) is 0.727. The molecule has 0 aliphatic heterocycles. The summed E-state index contributed by atoms with van der Waals surface area (Å²) >= 11 is 0. The molecule has 0 heterocycles. The summed E-state index contributed by atoms with van der Waals surface area (Å²) in [6.45, 7) is 80.7. The van der Waals surface area contributed by atoms with Crippen molar-refractivity contribution in [3.63, 3.8) is 0 Å². The Morgan fingerprint density at radius 2 is 0.798 bits per heavy atom. The minimum Gasteiger partial charge on any atom is -0.0654 e. The lowest BCUT2D eigenvalue weighted by molar-refractivity contribution is -0.113. The lowest BCUT2D eigenvalue weighted by Crippen LogP contribution is -2.51. The van der Waals surface area contributed by atoms with Gasteiger partial charge in [0.15, 0.2) is 0 Å². The second-order valence-corrected chi connectivity index (χ2v) is 46.0. The van der Waals surface area contributed by atoms with Crippen LogP contribution in [0.15, 0.2) is 42.4 Å². The predicted molar refractivity (Wildman–Crippen MR) is 448 cm³/mol. The van der Waals surface area contributed by atoms with Crippen LogP contribution in [-0.4, -0.2) is 0 Å². The molecule has 0 amide bonds. The van der Waals surface area contributed by atoms with Crippen molar-refractivity contribution in [2.75, 3.05) is 0 Å². The molecule has 0 N–H and O–H groups in total. The van der Waals surface area contributed by atoms with Crippen molar-refractivity contribution in [1.29, 1.82) is 0 Å². The highest BCUT2D eigenvalue weighted by molar-refractivity contribution is 5.46. The zero-order valence-corrected chi connectivity index (χ0v) is 73.8. The van der Waals surface area contributed by atoms with Crippen LogP contribution in [0.4, 0.5) is 0 Å². The largest absolute Gasteiger partial charge is 0.0654 e. The van der Waals surface area contributed by atoms with Gasteiger partial charge in [-0.25, -0.2) is 0 Å². The summed E-state index contributed by atoms with van der Waals surface area (Å²) in [7, 11) is 0. The van der Waals surface area contributed by atoms with E-state index in [1.54, 1.807) is 77.6 Å². The Kier molecular flexibility index (Phi) is 28.5. The summed E-state index contributed by atoms with van der Waals surface area (Å²) in [4.78, 5) is 0. The maximum atomic E-state index is 9.00. The molecule has 2 atom stereocenters. The van der Waals surface area contributed by atoms with Gasteiger partial charge in [0.25, 0.3) is 0 Å². The minimum atomic E-state index is -1.04. The summed E-state index contributed by atoms with van der Waals surface area (Å²) in [6, 6.07) is 6.99. The van der Waals surface area contributed by atoms with Crippen molar-refractivity contribution in [2.45, 2.75) is 431 Å². The fourth-order valence-electron chi connectivity index (χ4n) is 21.8. The van der Waals surface area contributed by atoms with Crippen molar-refractivity contribution in [2.24, 2.45) is 127 Å². The van der Waals surface area contributed by atoms with Gasteiger partial charge in [0, 0.05) is 4.11 Å². The quantitative estimate of drug-likeness (QED) is 0.247. The van der Waals surface area contributed by atoms with E-state index < -0.39 is 6.37 Å². The zero-order valence-electron chi connectivity index (χ0n) is 80.8. The molecule has 99 heavy (non-hydrogen) atoms. The highest BCUT2D eigenvalue weighted by Crippen LogP contribution is 2.66. The smallest absolute Gasteiger partial charge is 0.0629 e. The van der Waals surface area contributed by atoms with Gasteiger partial charge in [-0.2, -0.15) is 0 Å². The van der Waals surface area contributed by atoms with E-state index in [0.717, 1.165) is 89.8 Å². The van der Waals surface area contributed by atoms with Crippen LogP contribution in [-0.2, 0) is 21.7 Å². The van der Waals surface area contributed by atoms with E-state index in [9.17, 15) is 0 Å². The van der Waals surface area contributed by atoms with Gasteiger partial charge in [-0.15, -0.1) is 0 Å². The number of rotatable bonds is 8. The van der Waals surface area contributed by atoms with Gasteiger partial charge in [-0.3, -0.25) is 0 Å². The van der Waals surface area contributed by atoms with Crippen LogP contribution in [0.1, 0.15) is 440 Å². The molecule has 576 valence electrons. The Morgan fingerprint density at radius 3 is 1.08 bits per heavy atom. The highest BCUT2D eigenvalue weighted by Gasteiger charge is 2.56.